The van der Waals surface area contributed by atoms with Crippen molar-refractivity contribution in [3.05, 3.63) is 12.3 Å². The van der Waals surface area contributed by atoms with Gasteiger partial charge in [-0.3, -0.25) is 0 Å². The maximum absolute atomic E-state index is 5.62. The highest BCUT2D eigenvalue weighted by Crippen LogP contribution is 2.18. The van der Waals surface area contributed by atoms with E-state index in [1.165, 1.54) is 5.70 Å². The van der Waals surface area contributed by atoms with Crippen molar-refractivity contribution in [3.63, 3.8) is 0 Å². The molecule has 1 aliphatic heterocycles. The minimum Gasteiger partial charge on any atom is -0.372 e. The molecule has 0 aromatic carbocycles. The first-order valence-electron chi connectivity index (χ1n) is 3.80. The highest BCUT2D eigenvalue weighted by molar-refractivity contribution is 5.03. The summed E-state index contributed by atoms with van der Waals surface area (Å²) in [5, 5.41) is 0. The topological polar surface area (TPSA) is 29.3 Å². The number of rotatable bonds is 2. The Hall–Kier alpha value is -0.500. The first-order chi connectivity index (χ1) is 4.61. The van der Waals surface area contributed by atoms with Crippen LogP contribution in [0.1, 0.15) is 13.8 Å². The molecular weight excluding hydrogens is 124 g/mol. The third-order valence-electron chi connectivity index (χ3n) is 1.98. The van der Waals surface area contributed by atoms with Gasteiger partial charge in [-0.25, -0.2) is 0 Å². The van der Waals surface area contributed by atoms with E-state index in [9.17, 15) is 0 Å². The van der Waals surface area contributed by atoms with Crippen LogP contribution in [0.3, 0.4) is 0 Å². The molecule has 0 unspecified atom stereocenters. The van der Waals surface area contributed by atoms with Crippen molar-refractivity contribution < 1.29 is 0 Å². The van der Waals surface area contributed by atoms with E-state index in [-0.39, 0.29) is 0 Å². The van der Waals surface area contributed by atoms with E-state index in [4.69, 9.17) is 5.73 Å². The zero-order valence-electron chi connectivity index (χ0n) is 6.80. The number of allylic oxidation sites excluding steroid dienone is 1. The Bertz CT molecular complexity index is 134. The quantitative estimate of drug-likeness (QED) is 0.614. The molecule has 0 saturated carbocycles. The van der Waals surface area contributed by atoms with Gasteiger partial charge >= 0.3 is 0 Å². The van der Waals surface area contributed by atoms with Gasteiger partial charge in [0.15, 0.2) is 0 Å². The Labute approximate surface area is 62.7 Å². The third kappa shape index (κ3) is 1.32. The van der Waals surface area contributed by atoms with Gasteiger partial charge in [0, 0.05) is 24.8 Å². The molecule has 0 bridgehead atoms. The van der Waals surface area contributed by atoms with Crippen LogP contribution in [0, 0.1) is 5.92 Å². The van der Waals surface area contributed by atoms with Gasteiger partial charge in [-0.15, -0.1) is 0 Å². The van der Waals surface area contributed by atoms with Gasteiger partial charge < -0.3 is 10.6 Å². The van der Waals surface area contributed by atoms with Crippen LogP contribution >= 0.6 is 0 Å². The average Bonchev–Trinajstić information content (AvgIpc) is 1.79. The second-order valence-electron chi connectivity index (χ2n) is 3.31. The number of likely N-dealkylation sites (tertiary alicyclic amines) is 1. The fourth-order valence-corrected chi connectivity index (χ4v) is 1.11. The number of nitrogens with two attached hydrogens (primary N) is 1. The van der Waals surface area contributed by atoms with E-state index in [2.05, 4.69) is 25.3 Å². The largest absolute Gasteiger partial charge is 0.372 e. The number of nitrogens with zero attached hydrogens (tertiary/aromatic N) is 1. The standard InChI is InChI=1S/C8H16N2/c1-6(2)7(3)10-4-8(9)5-10/h6,8H,3-5,9H2,1-2H3. The minimum atomic E-state index is 0.385. The monoisotopic (exact) mass is 140 g/mol. The molecule has 0 aromatic heterocycles. The van der Waals surface area contributed by atoms with Crippen LogP contribution in [0.5, 0.6) is 0 Å². The van der Waals surface area contributed by atoms with Crippen molar-refractivity contribution in [2.75, 3.05) is 13.1 Å². The Morgan fingerprint density at radius 1 is 1.60 bits per heavy atom. The molecule has 1 saturated heterocycles. The molecule has 0 radical (unpaired) electrons. The molecule has 2 N–H and O–H groups in total. The molecule has 1 aliphatic rings. The molecule has 2 nitrogen and oxygen atoms in total. The van der Waals surface area contributed by atoms with Crippen molar-refractivity contribution in [2.45, 2.75) is 19.9 Å². The van der Waals surface area contributed by atoms with Crippen molar-refractivity contribution in [2.24, 2.45) is 11.7 Å². The molecule has 2 heteroatoms. The second kappa shape index (κ2) is 2.62. The lowest BCUT2D eigenvalue weighted by atomic mass is 10.0. The summed E-state index contributed by atoms with van der Waals surface area (Å²) in [6.45, 7) is 10.3. The number of hydrogen-bond donors (Lipinski definition) is 1. The van der Waals surface area contributed by atoms with Crippen LogP contribution in [0.15, 0.2) is 12.3 Å². The van der Waals surface area contributed by atoms with Crippen molar-refractivity contribution in [1.82, 2.24) is 4.90 Å². The Kier molecular flexibility index (Phi) is 2.00. The van der Waals surface area contributed by atoms with E-state index in [0.717, 1.165) is 13.1 Å². The van der Waals surface area contributed by atoms with Gasteiger partial charge in [0.25, 0.3) is 0 Å². The van der Waals surface area contributed by atoms with Gasteiger partial charge in [0.05, 0.1) is 0 Å². The van der Waals surface area contributed by atoms with Gasteiger partial charge in [0.2, 0.25) is 0 Å². The maximum atomic E-state index is 5.62. The van der Waals surface area contributed by atoms with E-state index in [1.807, 2.05) is 0 Å². The third-order valence-corrected chi connectivity index (χ3v) is 1.98. The summed E-state index contributed by atoms with van der Waals surface area (Å²) >= 11 is 0. The Balaban J connectivity index is 2.31. The van der Waals surface area contributed by atoms with Gasteiger partial charge in [-0.2, -0.15) is 0 Å². The van der Waals surface area contributed by atoms with Crippen molar-refractivity contribution >= 4 is 0 Å². The molecule has 0 aromatic rings. The SMILES string of the molecule is C=C(C(C)C)N1CC(N)C1. The lowest BCUT2D eigenvalue weighted by Crippen LogP contribution is -2.55. The fraction of sp³-hybridized carbons (Fsp3) is 0.750. The Morgan fingerprint density at radius 2 is 2.10 bits per heavy atom. The average molecular weight is 140 g/mol. The molecule has 0 amide bonds. The van der Waals surface area contributed by atoms with Crippen LogP contribution < -0.4 is 5.73 Å². The molecule has 1 rings (SSSR count). The van der Waals surface area contributed by atoms with E-state index in [1.54, 1.807) is 0 Å². The molecule has 1 heterocycles. The molecule has 10 heavy (non-hydrogen) atoms. The zero-order valence-corrected chi connectivity index (χ0v) is 6.80. The summed E-state index contributed by atoms with van der Waals surface area (Å²) in [6, 6.07) is 0.385. The zero-order chi connectivity index (χ0) is 7.72. The lowest BCUT2D eigenvalue weighted by Gasteiger charge is -2.41. The summed E-state index contributed by atoms with van der Waals surface area (Å²) in [6.07, 6.45) is 0. The highest BCUT2D eigenvalue weighted by Gasteiger charge is 2.24. The highest BCUT2D eigenvalue weighted by atomic mass is 15.2. The predicted molar refractivity (Wildman–Crippen MR) is 43.5 cm³/mol. The predicted octanol–water partition coefficient (Wildman–Crippen LogP) is 0.799. The smallest absolute Gasteiger partial charge is 0.0395 e. The maximum Gasteiger partial charge on any atom is 0.0395 e. The van der Waals surface area contributed by atoms with Crippen LogP contribution in [0.2, 0.25) is 0 Å². The van der Waals surface area contributed by atoms with E-state index >= 15 is 0 Å². The number of hydrogen-bond acceptors (Lipinski definition) is 2. The summed E-state index contributed by atoms with van der Waals surface area (Å²) in [7, 11) is 0. The summed E-state index contributed by atoms with van der Waals surface area (Å²) in [5.74, 6) is 0.562. The molecular formula is C8H16N2. The van der Waals surface area contributed by atoms with E-state index in [0.29, 0.717) is 12.0 Å². The van der Waals surface area contributed by atoms with Gasteiger partial charge in [-0.05, 0) is 5.92 Å². The van der Waals surface area contributed by atoms with Crippen molar-refractivity contribution in [1.29, 1.82) is 0 Å². The summed E-state index contributed by atoms with van der Waals surface area (Å²) in [5.41, 5.74) is 6.85. The molecule has 58 valence electrons. The first kappa shape index (κ1) is 7.61. The van der Waals surface area contributed by atoms with Crippen LogP contribution in [0.4, 0.5) is 0 Å². The second-order valence-corrected chi connectivity index (χ2v) is 3.31. The van der Waals surface area contributed by atoms with Crippen LogP contribution in [0.25, 0.3) is 0 Å². The van der Waals surface area contributed by atoms with Gasteiger partial charge in [0.1, 0.15) is 0 Å². The van der Waals surface area contributed by atoms with Crippen LogP contribution in [-0.2, 0) is 0 Å². The van der Waals surface area contributed by atoms with Crippen molar-refractivity contribution in [3.8, 4) is 0 Å². The molecule has 0 spiro atoms. The summed E-state index contributed by atoms with van der Waals surface area (Å²) < 4.78 is 0. The van der Waals surface area contributed by atoms with E-state index < -0.39 is 0 Å². The fourth-order valence-electron chi connectivity index (χ4n) is 1.11. The lowest BCUT2D eigenvalue weighted by molar-refractivity contribution is 0.185. The summed E-state index contributed by atoms with van der Waals surface area (Å²) in [4.78, 5) is 2.25. The van der Waals surface area contributed by atoms with Crippen LogP contribution in [-0.4, -0.2) is 24.0 Å². The van der Waals surface area contributed by atoms with Gasteiger partial charge in [-0.1, -0.05) is 20.4 Å². The Morgan fingerprint density at radius 3 is 2.40 bits per heavy atom. The molecule has 1 fully saturated rings. The minimum absolute atomic E-state index is 0.385. The molecule has 0 aliphatic carbocycles. The molecule has 0 atom stereocenters. The normalized spacial score (nSPS) is 19.4. The first-order valence-corrected chi connectivity index (χ1v) is 3.80.